The van der Waals surface area contributed by atoms with Crippen LogP contribution < -0.4 is 20.9 Å². The molecule has 32 heavy (non-hydrogen) atoms. The molecule has 3 amide bonds. The number of rotatable bonds is 8. The average Bonchev–Trinajstić information content (AvgIpc) is 3.13. The Morgan fingerprint density at radius 1 is 1.31 bits per heavy atom. The Kier molecular flexibility index (Phi) is 7.36. The Labute approximate surface area is 189 Å². The molecule has 10 nitrogen and oxygen atoms in total. The lowest BCUT2D eigenvalue weighted by atomic mass is 9.82. The summed E-state index contributed by atoms with van der Waals surface area (Å²) in [6.45, 7) is 2.29. The number of hydrogen-bond donors (Lipinski definition) is 4. The molecular weight excluding hydrogens is 463 g/mol. The van der Waals surface area contributed by atoms with Gasteiger partial charge in [-0.25, -0.2) is 22.6 Å². The van der Waals surface area contributed by atoms with E-state index in [1.807, 2.05) is 10.3 Å². The minimum Gasteiger partial charge on any atom is -0.340 e. The van der Waals surface area contributed by atoms with Crippen LogP contribution in [0.5, 0.6) is 0 Å². The number of sulfonamides is 1. The van der Waals surface area contributed by atoms with Crippen molar-refractivity contribution in [2.75, 3.05) is 12.3 Å². The summed E-state index contributed by atoms with van der Waals surface area (Å²) in [6, 6.07) is 2.19. The van der Waals surface area contributed by atoms with E-state index >= 15 is 0 Å². The maximum absolute atomic E-state index is 14.4. The molecule has 0 radical (unpaired) electrons. The molecule has 1 aliphatic carbocycles. The predicted octanol–water partition coefficient (Wildman–Crippen LogP) is 1.54. The zero-order valence-corrected chi connectivity index (χ0v) is 19.1. The van der Waals surface area contributed by atoms with E-state index in [0.717, 1.165) is 0 Å². The van der Waals surface area contributed by atoms with Crippen LogP contribution in [0, 0.1) is 11.7 Å². The van der Waals surface area contributed by atoms with Gasteiger partial charge in [-0.2, -0.15) is 0 Å². The van der Waals surface area contributed by atoms with Crippen LogP contribution in [0.25, 0.3) is 11.3 Å². The molecule has 3 rings (SSSR count). The van der Waals surface area contributed by atoms with Gasteiger partial charge in [0.15, 0.2) is 5.82 Å². The summed E-state index contributed by atoms with van der Waals surface area (Å²) in [5.41, 5.74) is 2.49. The van der Waals surface area contributed by atoms with E-state index in [2.05, 4.69) is 15.6 Å². The molecule has 1 heterocycles. The molecule has 0 unspecified atom stereocenters. The van der Waals surface area contributed by atoms with Gasteiger partial charge in [0.25, 0.3) is 5.91 Å². The lowest BCUT2D eigenvalue weighted by Crippen LogP contribution is -2.51. The Morgan fingerprint density at radius 3 is 2.66 bits per heavy atom. The Hall–Kier alpha value is -2.70. The van der Waals surface area contributed by atoms with Crippen molar-refractivity contribution < 1.29 is 22.4 Å². The lowest BCUT2D eigenvalue weighted by Gasteiger charge is -2.35. The number of amides is 3. The highest BCUT2D eigenvalue weighted by Gasteiger charge is 2.34. The zero-order valence-electron chi connectivity index (χ0n) is 17.5. The fourth-order valence-corrected chi connectivity index (χ4v) is 4.84. The Bertz CT molecular complexity index is 1120. The molecule has 0 saturated heterocycles. The van der Waals surface area contributed by atoms with Gasteiger partial charge in [0, 0.05) is 31.4 Å². The first-order valence-electron chi connectivity index (χ1n) is 9.89. The second-order valence-corrected chi connectivity index (χ2v) is 9.79. The molecule has 0 aliphatic heterocycles. The number of nitrogens with zero attached hydrogens (tertiary/aromatic N) is 2. The second-order valence-electron chi connectivity index (χ2n) is 7.62. The van der Waals surface area contributed by atoms with E-state index in [4.69, 9.17) is 11.6 Å². The van der Waals surface area contributed by atoms with Crippen molar-refractivity contribution in [1.29, 1.82) is 0 Å². The molecule has 1 aliphatic rings. The summed E-state index contributed by atoms with van der Waals surface area (Å²) in [6.07, 6.45) is 4.21. The molecule has 1 aromatic carbocycles. The van der Waals surface area contributed by atoms with Crippen LogP contribution in [0.1, 0.15) is 30.1 Å². The van der Waals surface area contributed by atoms with Crippen molar-refractivity contribution >= 4 is 33.6 Å². The largest absolute Gasteiger partial charge is 0.340 e. The van der Waals surface area contributed by atoms with Crippen LogP contribution in [0.4, 0.5) is 9.18 Å². The van der Waals surface area contributed by atoms with Crippen LogP contribution in [-0.2, 0) is 17.1 Å². The van der Waals surface area contributed by atoms with E-state index in [1.54, 1.807) is 24.7 Å². The summed E-state index contributed by atoms with van der Waals surface area (Å²) >= 11 is 5.91. The third-order valence-electron chi connectivity index (χ3n) is 4.96. The van der Waals surface area contributed by atoms with Crippen molar-refractivity contribution in [3.8, 4) is 11.3 Å². The summed E-state index contributed by atoms with van der Waals surface area (Å²) in [7, 11) is -2.12. The van der Waals surface area contributed by atoms with E-state index < -0.39 is 27.3 Å². The lowest BCUT2D eigenvalue weighted by molar-refractivity contribution is 0.0940. The van der Waals surface area contributed by atoms with Crippen LogP contribution >= 0.6 is 11.6 Å². The van der Waals surface area contributed by atoms with Crippen LogP contribution in [0.2, 0.25) is 5.02 Å². The molecule has 2 aromatic rings. The highest BCUT2D eigenvalue weighted by atomic mass is 35.5. The van der Waals surface area contributed by atoms with Gasteiger partial charge in [0.2, 0.25) is 10.0 Å². The van der Waals surface area contributed by atoms with Crippen LogP contribution in [0.3, 0.4) is 0 Å². The van der Waals surface area contributed by atoms with Gasteiger partial charge < -0.3 is 15.2 Å². The summed E-state index contributed by atoms with van der Waals surface area (Å²) in [5.74, 6) is -2.37. The summed E-state index contributed by atoms with van der Waals surface area (Å²) in [5, 5.41) is 5.06. The van der Waals surface area contributed by atoms with E-state index in [1.165, 1.54) is 18.5 Å². The maximum Gasteiger partial charge on any atom is 0.314 e. The number of nitrogens with one attached hydrogen (secondary N) is 4. The topological polar surface area (TPSA) is 134 Å². The minimum absolute atomic E-state index is 0.0954. The maximum atomic E-state index is 14.4. The number of aromatic nitrogens is 2. The van der Waals surface area contributed by atoms with Gasteiger partial charge in [-0.1, -0.05) is 11.6 Å². The van der Waals surface area contributed by atoms with Crippen LogP contribution in [0.15, 0.2) is 24.7 Å². The Morgan fingerprint density at radius 2 is 2.03 bits per heavy atom. The first-order chi connectivity index (χ1) is 15.1. The van der Waals surface area contributed by atoms with Gasteiger partial charge in [-0.3, -0.25) is 10.2 Å². The van der Waals surface area contributed by atoms with E-state index in [-0.39, 0.29) is 28.8 Å². The quantitative estimate of drug-likeness (QED) is 0.420. The normalized spacial score (nSPS) is 18.0. The van der Waals surface area contributed by atoms with Gasteiger partial charge in [0.1, 0.15) is 0 Å². The third-order valence-corrected chi connectivity index (χ3v) is 6.56. The summed E-state index contributed by atoms with van der Waals surface area (Å²) < 4.78 is 40.7. The first kappa shape index (κ1) is 24.0. The number of hydrazine groups is 1. The van der Waals surface area contributed by atoms with Gasteiger partial charge in [-0.15, -0.1) is 4.83 Å². The fourth-order valence-electron chi connectivity index (χ4n) is 3.39. The zero-order chi connectivity index (χ0) is 23.5. The monoisotopic (exact) mass is 486 g/mol. The van der Waals surface area contributed by atoms with Crippen molar-refractivity contribution in [3.05, 3.63) is 41.1 Å². The van der Waals surface area contributed by atoms with Crippen molar-refractivity contribution in [2.24, 2.45) is 13.0 Å². The number of urea groups is 1. The highest BCUT2D eigenvalue weighted by molar-refractivity contribution is 7.89. The van der Waals surface area contributed by atoms with Crippen molar-refractivity contribution in [1.82, 2.24) is 30.4 Å². The van der Waals surface area contributed by atoms with Crippen molar-refractivity contribution in [2.45, 2.75) is 25.8 Å². The Balaban J connectivity index is 1.57. The highest BCUT2D eigenvalue weighted by Crippen LogP contribution is 2.29. The second kappa shape index (κ2) is 9.84. The number of halogens is 2. The van der Waals surface area contributed by atoms with Gasteiger partial charge in [0.05, 0.1) is 28.4 Å². The molecule has 1 saturated carbocycles. The molecule has 1 aromatic heterocycles. The molecule has 13 heteroatoms. The fraction of sp³-hybridized carbons (Fsp3) is 0.421. The molecule has 0 spiro atoms. The molecule has 174 valence electrons. The van der Waals surface area contributed by atoms with Gasteiger partial charge in [-0.05, 0) is 37.8 Å². The molecule has 1 fully saturated rings. The average molecular weight is 487 g/mol. The molecule has 0 atom stereocenters. The third kappa shape index (κ3) is 5.96. The van der Waals surface area contributed by atoms with Gasteiger partial charge >= 0.3 is 6.03 Å². The van der Waals surface area contributed by atoms with E-state index in [0.29, 0.717) is 30.6 Å². The summed E-state index contributed by atoms with van der Waals surface area (Å²) in [4.78, 5) is 30.0. The van der Waals surface area contributed by atoms with Crippen LogP contribution in [-0.4, -0.2) is 48.2 Å². The number of benzene rings is 1. The number of carbonyl (C=O) groups is 2. The number of hydrogen-bond acceptors (Lipinski definition) is 5. The SMILES string of the molecule is CCNC(=O)N[C@H]1C[C@@H](CS(=O)(=O)NNC(=O)c2cc(-c3cn(C)cn3)cc(Cl)c2F)C1. The molecule has 0 bridgehead atoms. The number of aryl methyl sites for hydroxylation is 1. The predicted molar refractivity (Wildman–Crippen MR) is 117 cm³/mol. The molecule has 4 N–H and O–H groups in total. The smallest absolute Gasteiger partial charge is 0.314 e. The number of carbonyl (C=O) groups excluding carboxylic acids is 2. The number of imidazole rings is 1. The van der Waals surface area contributed by atoms with Crippen molar-refractivity contribution in [3.63, 3.8) is 0 Å². The first-order valence-corrected chi connectivity index (χ1v) is 11.9. The van der Waals surface area contributed by atoms with E-state index in [9.17, 15) is 22.4 Å². The molecular formula is C19H24ClFN6O4S. The minimum atomic E-state index is -3.87. The standard InChI is InChI=1S/C19H24ClFN6O4S/c1-3-22-19(29)24-13-4-11(5-13)9-32(30,31)26-25-18(28)14-6-12(7-15(20)17(14)21)16-8-27(2)10-23-16/h6-8,10-11,13,26H,3-5,9H2,1-2H3,(H,25,28)(H2,22,24,29)/t11-,13+.